The number of ether oxygens (including phenoxy) is 1. The fourth-order valence-corrected chi connectivity index (χ4v) is 3.83. The number of hydrogen-bond acceptors (Lipinski definition) is 3. The zero-order valence-corrected chi connectivity index (χ0v) is 17.8. The molecule has 1 aliphatic rings. The van der Waals surface area contributed by atoms with E-state index >= 15 is 0 Å². The van der Waals surface area contributed by atoms with E-state index in [1.165, 1.54) is 0 Å². The first-order valence-corrected chi connectivity index (χ1v) is 10.9. The van der Waals surface area contributed by atoms with Crippen LogP contribution in [0.5, 0.6) is 0 Å². The Morgan fingerprint density at radius 2 is 1.73 bits per heavy atom. The lowest BCUT2D eigenvalue weighted by Gasteiger charge is -2.32. The van der Waals surface area contributed by atoms with Crippen LogP contribution in [0.1, 0.15) is 43.7 Å². The van der Waals surface area contributed by atoms with Crippen LogP contribution in [0.15, 0.2) is 60.7 Å². The summed E-state index contributed by atoms with van der Waals surface area (Å²) in [5.41, 5.74) is 2.06. The Labute approximate surface area is 179 Å². The first kappa shape index (κ1) is 22.0. The van der Waals surface area contributed by atoms with Crippen LogP contribution in [0.2, 0.25) is 0 Å². The second kappa shape index (κ2) is 11.5. The van der Waals surface area contributed by atoms with Gasteiger partial charge in [0.05, 0.1) is 6.10 Å². The summed E-state index contributed by atoms with van der Waals surface area (Å²) in [6.07, 6.45) is 3.73. The van der Waals surface area contributed by atoms with Crippen molar-refractivity contribution in [3.63, 3.8) is 0 Å². The first-order valence-electron chi connectivity index (χ1n) is 10.9. The van der Waals surface area contributed by atoms with Crippen molar-refractivity contribution < 1.29 is 14.3 Å². The molecular formula is C25H32N2O3. The Bertz CT molecular complexity index is 789. The van der Waals surface area contributed by atoms with Crippen LogP contribution in [-0.2, 0) is 27.3 Å². The lowest BCUT2D eigenvalue weighted by molar-refractivity contribution is -0.141. The minimum absolute atomic E-state index is 0.00884. The molecule has 1 saturated heterocycles. The van der Waals surface area contributed by atoms with Gasteiger partial charge in [0.1, 0.15) is 6.04 Å². The highest BCUT2D eigenvalue weighted by Crippen LogP contribution is 2.17. The van der Waals surface area contributed by atoms with Crippen LogP contribution in [-0.4, -0.2) is 42.0 Å². The molecule has 1 fully saturated rings. The highest BCUT2D eigenvalue weighted by atomic mass is 16.5. The van der Waals surface area contributed by atoms with Gasteiger partial charge in [-0.25, -0.2) is 0 Å². The Hall–Kier alpha value is -2.66. The van der Waals surface area contributed by atoms with Crippen molar-refractivity contribution in [2.24, 2.45) is 0 Å². The van der Waals surface area contributed by atoms with E-state index in [0.717, 1.165) is 37.0 Å². The van der Waals surface area contributed by atoms with Gasteiger partial charge >= 0.3 is 0 Å². The lowest BCUT2D eigenvalue weighted by Crippen LogP contribution is -2.51. The van der Waals surface area contributed by atoms with Crippen LogP contribution in [0.3, 0.4) is 0 Å². The summed E-state index contributed by atoms with van der Waals surface area (Å²) in [4.78, 5) is 28.1. The van der Waals surface area contributed by atoms with E-state index in [2.05, 4.69) is 5.32 Å². The number of rotatable bonds is 10. The summed E-state index contributed by atoms with van der Waals surface area (Å²) in [6, 6.07) is 19.2. The molecule has 1 heterocycles. The normalized spacial score (nSPS) is 16.8. The molecule has 0 unspecified atom stereocenters. The average Bonchev–Trinajstić information content (AvgIpc) is 3.30. The average molecular weight is 409 g/mol. The smallest absolute Gasteiger partial charge is 0.243 e. The largest absolute Gasteiger partial charge is 0.376 e. The van der Waals surface area contributed by atoms with Gasteiger partial charge in [-0.3, -0.25) is 9.59 Å². The molecule has 0 bridgehead atoms. The van der Waals surface area contributed by atoms with Crippen molar-refractivity contribution in [2.75, 3.05) is 13.2 Å². The number of hydrogen-bond donors (Lipinski definition) is 1. The molecule has 1 aliphatic heterocycles. The Kier molecular flexibility index (Phi) is 8.45. The van der Waals surface area contributed by atoms with Gasteiger partial charge in [0.2, 0.25) is 11.8 Å². The third-order valence-corrected chi connectivity index (χ3v) is 5.46. The fraction of sp³-hybridized carbons (Fsp3) is 0.440. The van der Waals surface area contributed by atoms with E-state index in [-0.39, 0.29) is 17.9 Å². The van der Waals surface area contributed by atoms with E-state index in [0.29, 0.717) is 25.9 Å². The maximum Gasteiger partial charge on any atom is 0.243 e. The zero-order chi connectivity index (χ0) is 21.2. The molecule has 5 nitrogen and oxygen atoms in total. The molecule has 5 heteroatoms. The highest BCUT2D eigenvalue weighted by Gasteiger charge is 2.30. The molecule has 30 heavy (non-hydrogen) atoms. The minimum atomic E-state index is -0.562. The summed E-state index contributed by atoms with van der Waals surface area (Å²) in [6.45, 7) is 3.65. The molecule has 160 valence electrons. The predicted octanol–water partition coefficient (Wildman–Crippen LogP) is 3.72. The van der Waals surface area contributed by atoms with Crippen molar-refractivity contribution in [2.45, 2.75) is 57.7 Å². The molecule has 2 atom stereocenters. The van der Waals surface area contributed by atoms with Gasteiger partial charge in [0.25, 0.3) is 0 Å². The standard InChI is InChI=1S/C25H32N2O3/c1-2-10-24(28)27(19-21-13-7-4-8-14-21)23(17-20-11-5-3-6-12-20)25(29)26-18-22-15-9-16-30-22/h3-8,11-14,22-23H,2,9-10,15-19H2,1H3,(H,26,29)/t22-,23-/m1/s1. The molecular weight excluding hydrogens is 376 g/mol. The van der Waals surface area contributed by atoms with Crippen LogP contribution < -0.4 is 5.32 Å². The van der Waals surface area contributed by atoms with Crippen LogP contribution in [0, 0.1) is 0 Å². The highest BCUT2D eigenvalue weighted by molar-refractivity contribution is 5.88. The third-order valence-electron chi connectivity index (χ3n) is 5.46. The molecule has 0 aliphatic carbocycles. The van der Waals surface area contributed by atoms with Crippen LogP contribution >= 0.6 is 0 Å². The molecule has 1 N–H and O–H groups in total. The van der Waals surface area contributed by atoms with Gasteiger partial charge in [-0.2, -0.15) is 0 Å². The summed E-state index contributed by atoms with van der Waals surface area (Å²) in [7, 11) is 0. The fourth-order valence-electron chi connectivity index (χ4n) is 3.83. The summed E-state index contributed by atoms with van der Waals surface area (Å²) < 4.78 is 5.65. The first-order chi connectivity index (χ1) is 14.7. The molecule has 2 aromatic rings. The number of carbonyl (C=O) groups is 2. The Morgan fingerprint density at radius 3 is 2.33 bits per heavy atom. The maximum absolute atomic E-state index is 13.3. The zero-order valence-electron chi connectivity index (χ0n) is 17.8. The maximum atomic E-state index is 13.3. The molecule has 2 aromatic carbocycles. The second-order valence-corrected chi connectivity index (χ2v) is 7.84. The lowest BCUT2D eigenvalue weighted by atomic mass is 10.0. The number of amides is 2. The van der Waals surface area contributed by atoms with Crippen molar-refractivity contribution in [1.82, 2.24) is 10.2 Å². The van der Waals surface area contributed by atoms with Gasteiger partial charge in [-0.05, 0) is 30.4 Å². The second-order valence-electron chi connectivity index (χ2n) is 7.84. The number of nitrogens with one attached hydrogen (secondary N) is 1. The predicted molar refractivity (Wildman–Crippen MR) is 118 cm³/mol. The van der Waals surface area contributed by atoms with Gasteiger partial charge in [0.15, 0.2) is 0 Å². The topological polar surface area (TPSA) is 58.6 Å². The molecule has 0 aromatic heterocycles. The monoisotopic (exact) mass is 408 g/mol. The van der Waals surface area contributed by atoms with Crippen LogP contribution in [0.25, 0.3) is 0 Å². The van der Waals surface area contributed by atoms with Crippen molar-refractivity contribution in [3.05, 3.63) is 71.8 Å². The summed E-state index contributed by atoms with van der Waals surface area (Å²) in [5, 5.41) is 3.05. The van der Waals surface area contributed by atoms with Crippen molar-refractivity contribution >= 4 is 11.8 Å². The number of nitrogens with zero attached hydrogens (tertiary/aromatic N) is 1. The minimum Gasteiger partial charge on any atom is -0.376 e. The number of benzene rings is 2. The Balaban J connectivity index is 1.82. The van der Waals surface area contributed by atoms with E-state index < -0.39 is 6.04 Å². The van der Waals surface area contributed by atoms with E-state index in [4.69, 9.17) is 4.74 Å². The molecule has 3 rings (SSSR count). The Morgan fingerprint density at radius 1 is 1.07 bits per heavy atom. The van der Waals surface area contributed by atoms with Crippen LogP contribution in [0.4, 0.5) is 0 Å². The van der Waals surface area contributed by atoms with Crippen molar-refractivity contribution in [3.8, 4) is 0 Å². The van der Waals surface area contributed by atoms with Crippen molar-refractivity contribution in [1.29, 1.82) is 0 Å². The molecule has 2 amide bonds. The van der Waals surface area contributed by atoms with E-state index in [9.17, 15) is 9.59 Å². The summed E-state index contributed by atoms with van der Waals surface area (Å²) >= 11 is 0. The quantitative estimate of drug-likeness (QED) is 0.652. The molecule has 0 saturated carbocycles. The van der Waals surface area contributed by atoms with Gasteiger partial charge in [-0.15, -0.1) is 0 Å². The SMILES string of the molecule is CCCC(=O)N(Cc1ccccc1)[C@H](Cc1ccccc1)C(=O)NC[C@H]1CCCO1. The van der Waals surface area contributed by atoms with Gasteiger partial charge in [-0.1, -0.05) is 67.6 Å². The van der Waals surface area contributed by atoms with Gasteiger partial charge in [0, 0.05) is 32.5 Å². The van der Waals surface area contributed by atoms with E-state index in [1.54, 1.807) is 4.90 Å². The molecule has 0 spiro atoms. The van der Waals surface area contributed by atoms with E-state index in [1.807, 2.05) is 67.6 Å². The molecule has 0 radical (unpaired) electrons. The van der Waals surface area contributed by atoms with Gasteiger partial charge < -0.3 is 15.0 Å². The third kappa shape index (κ3) is 6.42. The summed E-state index contributed by atoms with van der Waals surface area (Å²) in [5.74, 6) is -0.107. The number of carbonyl (C=O) groups excluding carboxylic acids is 2.